The van der Waals surface area contributed by atoms with E-state index < -0.39 is 0 Å². The molecular weight excluding hydrogens is 254 g/mol. The van der Waals surface area contributed by atoms with Gasteiger partial charge in [-0.05, 0) is 32.5 Å². The van der Waals surface area contributed by atoms with E-state index in [1.54, 1.807) is 6.33 Å². The first-order valence-corrected chi connectivity index (χ1v) is 6.91. The molecule has 1 heterocycles. The maximum atomic E-state index is 5.64. The van der Waals surface area contributed by atoms with Crippen molar-refractivity contribution >= 4 is 0 Å². The molecule has 1 aromatic heterocycles. The molecule has 0 saturated carbocycles. The Kier molecular flexibility index (Phi) is 5.01. The summed E-state index contributed by atoms with van der Waals surface area (Å²) in [5.74, 6) is 1.51. The number of rotatable bonds is 7. The normalized spacial score (nSPS) is 10.6. The molecule has 0 radical (unpaired) electrons. The number of ether oxygens (including phenoxy) is 2. The zero-order chi connectivity index (χ0) is 14.4. The number of hydrogen-bond donors (Lipinski definition) is 1. The van der Waals surface area contributed by atoms with Crippen LogP contribution in [0.1, 0.15) is 19.5 Å². The van der Waals surface area contributed by atoms with E-state index in [2.05, 4.69) is 4.98 Å². The summed E-state index contributed by atoms with van der Waals surface area (Å²) in [6.07, 6.45) is 4.41. The van der Waals surface area contributed by atoms with Crippen LogP contribution in [0.5, 0.6) is 11.5 Å². The second kappa shape index (κ2) is 6.96. The highest BCUT2D eigenvalue weighted by Gasteiger charge is 2.09. The van der Waals surface area contributed by atoms with Crippen LogP contribution >= 0.6 is 0 Å². The van der Waals surface area contributed by atoms with E-state index in [0.717, 1.165) is 29.3 Å². The molecule has 0 spiro atoms. The third-order valence-electron chi connectivity index (χ3n) is 2.92. The van der Waals surface area contributed by atoms with E-state index in [9.17, 15) is 0 Å². The van der Waals surface area contributed by atoms with E-state index in [1.165, 1.54) is 0 Å². The number of benzene rings is 1. The zero-order valence-electron chi connectivity index (χ0n) is 12.0. The van der Waals surface area contributed by atoms with Crippen LogP contribution in [-0.4, -0.2) is 29.3 Å². The molecule has 0 aliphatic carbocycles. The Balaban J connectivity index is 2.36. The standard InChI is InChI=1S/C15H21N3O2/c1-3-19-14-6-5-12(9-15(14)20-4-2)18-11-17-10-13(18)7-8-16/h5-6,9-11H,3-4,7-8,16H2,1-2H3. The first-order chi connectivity index (χ1) is 9.80. The van der Waals surface area contributed by atoms with E-state index in [0.29, 0.717) is 19.8 Å². The van der Waals surface area contributed by atoms with Gasteiger partial charge in [0.2, 0.25) is 0 Å². The maximum Gasteiger partial charge on any atom is 0.163 e. The van der Waals surface area contributed by atoms with E-state index in [-0.39, 0.29) is 0 Å². The third-order valence-corrected chi connectivity index (χ3v) is 2.92. The zero-order valence-corrected chi connectivity index (χ0v) is 12.0. The van der Waals surface area contributed by atoms with Gasteiger partial charge in [-0.3, -0.25) is 0 Å². The van der Waals surface area contributed by atoms with Crippen LogP contribution in [-0.2, 0) is 6.42 Å². The van der Waals surface area contributed by atoms with E-state index >= 15 is 0 Å². The first kappa shape index (κ1) is 14.4. The lowest BCUT2D eigenvalue weighted by molar-refractivity contribution is 0.287. The van der Waals surface area contributed by atoms with Crippen LogP contribution in [0.4, 0.5) is 0 Å². The maximum absolute atomic E-state index is 5.64. The van der Waals surface area contributed by atoms with Gasteiger partial charge in [0.05, 0.1) is 25.2 Å². The predicted molar refractivity (Wildman–Crippen MR) is 78.7 cm³/mol. The molecule has 0 fully saturated rings. The van der Waals surface area contributed by atoms with Gasteiger partial charge < -0.3 is 19.8 Å². The number of nitrogens with two attached hydrogens (primary N) is 1. The highest BCUT2D eigenvalue weighted by molar-refractivity contribution is 5.49. The summed E-state index contributed by atoms with van der Waals surface area (Å²) < 4.78 is 13.2. The number of imidazole rings is 1. The van der Waals surface area contributed by atoms with Crippen molar-refractivity contribution in [2.24, 2.45) is 5.73 Å². The van der Waals surface area contributed by atoms with Crippen LogP contribution in [0.2, 0.25) is 0 Å². The van der Waals surface area contributed by atoms with Crippen LogP contribution in [0.15, 0.2) is 30.7 Å². The van der Waals surface area contributed by atoms with Gasteiger partial charge in [-0.15, -0.1) is 0 Å². The SMILES string of the molecule is CCOc1ccc(-n2cncc2CCN)cc1OCC. The van der Waals surface area contributed by atoms with Crippen molar-refractivity contribution in [1.82, 2.24) is 9.55 Å². The topological polar surface area (TPSA) is 62.3 Å². The van der Waals surface area contributed by atoms with Crippen molar-refractivity contribution in [2.45, 2.75) is 20.3 Å². The number of nitrogens with zero attached hydrogens (tertiary/aromatic N) is 2. The van der Waals surface area contributed by atoms with Gasteiger partial charge >= 0.3 is 0 Å². The van der Waals surface area contributed by atoms with Crippen LogP contribution in [0.25, 0.3) is 5.69 Å². The molecular formula is C15H21N3O2. The molecule has 20 heavy (non-hydrogen) atoms. The molecule has 108 valence electrons. The molecule has 5 heteroatoms. The average molecular weight is 275 g/mol. The van der Waals surface area contributed by atoms with Crippen molar-refractivity contribution in [3.63, 3.8) is 0 Å². The Morgan fingerprint density at radius 2 is 1.90 bits per heavy atom. The molecule has 0 amide bonds. The minimum atomic E-state index is 0.598. The lowest BCUT2D eigenvalue weighted by Crippen LogP contribution is -2.07. The van der Waals surface area contributed by atoms with Crippen molar-refractivity contribution in [3.8, 4) is 17.2 Å². The Morgan fingerprint density at radius 3 is 2.60 bits per heavy atom. The van der Waals surface area contributed by atoms with Crippen molar-refractivity contribution in [2.75, 3.05) is 19.8 Å². The lowest BCUT2D eigenvalue weighted by Gasteiger charge is -2.14. The number of hydrogen-bond acceptors (Lipinski definition) is 4. The van der Waals surface area contributed by atoms with Gasteiger partial charge in [-0.1, -0.05) is 0 Å². The summed E-state index contributed by atoms with van der Waals surface area (Å²) in [7, 11) is 0. The van der Waals surface area contributed by atoms with Gasteiger partial charge in [-0.25, -0.2) is 4.98 Å². The lowest BCUT2D eigenvalue weighted by atomic mass is 10.2. The summed E-state index contributed by atoms with van der Waals surface area (Å²) in [4.78, 5) is 4.19. The molecule has 0 aliphatic heterocycles. The fourth-order valence-electron chi connectivity index (χ4n) is 2.08. The molecule has 2 aromatic rings. The van der Waals surface area contributed by atoms with Gasteiger partial charge in [0, 0.05) is 24.4 Å². The molecule has 0 bridgehead atoms. The van der Waals surface area contributed by atoms with Crippen LogP contribution in [0.3, 0.4) is 0 Å². The summed E-state index contributed by atoms with van der Waals surface area (Å²) in [5.41, 5.74) is 7.70. The van der Waals surface area contributed by atoms with Gasteiger partial charge in [0.25, 0.3) is 0 Å². The fourth-order valence-corrected chi connectivity index (χ4v) is 2.08. The molecule has 2 rings (SSSR count). The molecule has 0 saturated heterocycles. The summed E-state index contributed by atoms with van der Waals surface area (Å²) in [5, 5.41) is 0. The van der Waals surface area contributed by atoms with Crippen molar-refractivity contribution in [3.05, 3.63) is 36.4 Å². The minimum absolute atomic E-state index is 0.598. The van der Waals surface area contributed by atoms with Gasteiger partial charge in [0.15, 0.2) is 11.5 Å². The average Bonchev–Trinajstić information content (AvgIpc) is 2.90. The summed E-state index contributed by atoms with van der Waals surface area (Å²) >= 11 is 0. The molecule has 5 nitrogen and oxygen atoms in total. The molecule has 1 aromatic carbocycles. The Bertz CT molecular complexity index is 552. The number of aromatic nitrogens is 2. The van der Waals surface area contributed by atoms with E-state index in [1.807, 2.05) is 42.8 Å². The quantitative estimate of drug-likeness (QED) is 0.841. The van der Waals surface area contributed by atoms with Crippen LogP contribution < -0.4 is 15.2 Å². The van der Waals surface area contributed by atoms with Crippen molar-refractivity contribution in [1.29, 1.82) is 0 Å². The smallest absolute Gasteiger partial charge is 0.163 e. The summed E-state index contributed by atoms with van der Waals surface area (Å²) in [6, 6.07) is 5.89. The second-order valence-electron chi connectivity index (χ2n) is 4.29. The highest BCUT2D eigenvalue weighted by Crippen LogP contribution is 2.30. The molecule has 0 aliphatic rings. The molecule has 2 N–H and O–H groups in total. The second-order valence-corrected chi connectivity index (χ2v) is 4.29. The Labute approximate surface area is 119 Å². The molecule has 0 unspecified atom stereocenters. The van der Waals surface area contributed by atoms with Gasteiger partial charge in [-0.2, -0.15) is 0 Å². The monoisotopic (exact) mass is 275 g/mol. The van der Waals surface area contributed by atoms with E-state index in [4.69, 9.17) is 15.2 Å². The first-order valence-electron chi connectivity index (χ1n) is 6.91. The Hall–Kier alpha value is -2.01. The Morgan fingerprint density at radius 1 is 1.15 bits per heavy atom. The van der Waals surface area contributed by atoms with Crippen LogP contribution in [0, 0.1) is 0 Å². The predicted octanol–water partition coefficient (Wildman–Crippen LogP) is 2.17. The highest BCUT2D eigenvalue weighted by atomic mass is 16.5. The summed E-state index contributed by atoms with van der Waals surface area (Å²) in [6.45, 7) is 5.73. The minimum Gasteiger partial charge on any atom is -0.490 e. The fraction of sp³-hybridized carbons (Fsp3) is 0.400. The van der Waals surface area contributed by atoms with Crippen molar-refractivity contribution < 1.29 is 9.47 Å². The third kappa shape index (κ3) is 3.11. The van der Waals surface area contributed by atoms with Gasteiger partial charge in [0.1, 0.15) is 0 Å². The molecule has 0 atom stereocenters. The largest absolute Gasteiger partial charge is 0.490 e.